The largest absolute Gasteiger partial charge is 0.508 e. The second-order valence-electron chi connectivity index (χ2n) is 6.98. The summed E-state index contributed by atoms with van der Waals surface area (Å²) in [6, 6.07) is 14.1. The highest BCUT2D eigenvalue weighted by Gasteiger charge is 2.53. The number of benzene rings is 3. The molecule has 7 nitrogen and oxygen atoms in total. The van der Waals surface area contributed by atoms with Crippen molar-refractivity contribution in [1.29, 1.82) is 0 Å². The summed E-state index contributed by atoms with van der Waals surface area (Å²) in [6.07, 6.45) is 0. The molecule has 0 radical (unpaired) electrons. The number of carbonyl (C=O) groups is 2. The number of aromatic hydroxyl groups is 2. The third kappa shape index (κ3) is 2.57. The van der Waals surface area contributed by atoms with Gasteiger partial charge in [0.05, 0.1) is 10.9 Å². The fourth-order valence-corrected chi connectivity index (χ4v) is 4.12. The maximum atomic E-state index is 12.9. The van der Waals surface area contributed by atoms with Crippen molar-refractivity contribution in [3.63, 3.8) is 0 Å². The van der Waals surface area contributed by atoms with E-state index in [9.17, 15) is 19.8 Å². The van der Waals surface area contributed by atoms with Gasteiger partial charge < -0.3 is 25.0 Å². The van der Waals surface area contributed by atoms with Crippen LogP contribution >= 0.6 is 15.9 Å². The second kappa shape index (κ2) is 6.50. The van der Waals surface area contributed by atoms with Crippen LogP contribution in [0.4, 0.5) is 5.69 Å². The highest BCUT2D eigenvalue weighted by Crippen LogP contribution is 2.57. The van der Waals surface area contributed by atoms with Crippen molar-refractivity contribution in [1.82, 2.24) is 0 Å². The predicted octanol–water partition coefficient (Wildman–Crippen LogP) is 4.00. The number of alkyl halides is 1. The van der Waals surface area contributed by atoms with E-state index < -0.39 is 11.6 Å². The van der Waals surface area contributed by atoms with Gasteiger partial charge in [-0.3, -0.25) is 4.79 Å². The Hall–Kier alpha value is -3.52. The first-order valence-electron chi connectivity index (χ1n) is 9.01. The molecule has 1 amide bonds. The number of hydrogen-bond acceptors (Lipinski definition) is 6. The van der Waals surface area contributed by atoms with Gasteiger partial charge in [-0.15, -0.1) is 0 Å². The minimum atomic E-state index is -1.31. The molecule has 1 spiro atoms. The van der Waals surface area contributed by atoms with E-state index in [0.29, 0.717) is 39.4 Å². The molecule has 2 aliphatic heterocycles. The summed E-state index contributed by atoms with van der Waals surface area (Å²) in [4.78, 5) is 24.6. The van der Waals surface area contributed by atoms with Crippen molar-refractivity contribution < 1.29 is 29.3 Å². The average molecular weight is 468 g/mol. The lowest BCUT2D eigenvalue weighted by atomic mass is 9.77. The smallest absolute Gasteiger partial charge is 0.340 e. The third-order valence-electron chi connectivity index (χ3n) is 5.18. The number of halogens is 1. The molecule has 0 unspecified atom stereocenters. The normalized spacial score (nSPS) is 14.9. The minimum absolute atomic E-state index is 0.00937. The second-order valence-corrected chi connectivity index (χ2v) is 7.54. The summed E-state index contributed by atoms with van der Waals surface area (Å²) < 4.78 is 11.9. The molecule has 0 aliphatic carbocycles. The lowest BCUT2D eigenvalue weighted by Gasteiger charge is -2.36. The van der Waals surface area contributed by atoms with Crippen molar-refractivity contribution in [2.24, 2.45) is 0 Å². The maximum Gasteiger partial charge on any atom is 0.340 e. The molecule has 150 valence electrons. The van der Waals surface area contributed by atoms with Gasteiger partial charge in [-0.1, -0.05) is 22.0 Å². The zero-order chi connectivity index (χ0) is 21.0. The standard InChI is InChI=1S/C22H14BrNO6/c23-10-20(27)24-11-1-4-15-14(7-11)21(28)30-22(15)16-5-2-12(25)8-18(16)29-19-9-13(26)3-6-17(19)22/h1-9,25-26H,10H2,(H,24,27). The molecule has 2 aliphatic rings. The van der Waals surface area contributed by atoms with Crippen LogP contribution in [0, 0.1) is 0 Å². The van der Waals surface area contributed by atoms with Gasteiger partial charge in [-0.05, 0) is 36.4 Å². The summed E-state index contributed by atoms with van der Waals surface area (Å²) in [5, 5.41) is 22.7. The highest BCUT2D eigenvalue weighted by atomic mass is 79.9. The molecule has 3 N–H and O–H groups in total. The van der Waals surface area contributed by atoms with Crippen LogP contribution in [0.25, 0.3) is 0 Å². The lowest BCUT2D eigenvalue weighted by Crippen LogP contribution is -2.32. The first-order chi connectivity index (χ1) is 14.4. The molecule has 3 aromatic rings. The van der Waals surface area contributed by atoms with Crippen LogP contribution in [-0.2, 0) is 15.1 Å². The minimum Gasteiger partial charge on any atom is -0.508 e. The number of amides is 1. The van der Waals surface area contributed by atoms with Gasteiger partial charge in [0.1, 0.15) is 23.0 Å². The van der Waals surface area contributed by atoms with Crippen molar-refractivity contribution in [2.75, 3.05) is 10.6 Å². The molecule has 0 saturated heterocycles. The fraction of sp³-hybridized carbons (Fsp3) is 0.0909. The number of nitrogens with one attached hydrogen (secondary N) is 1. The van der Waals surface area contributed by atoms with Gasteiger partial charge in [-0.25, -0.2) is 4.79 Å². The number of carbonyl (C=O) groups excluding carboxylic acids is 2. The Morgan fingerprint density at radius 2 is 1.53 bits per heavy atom. The number of esters is 1. The van der Waals surface area contributed by atoms with E-state index in [-0.39, 0.29) is 22.7 Å². The van der Waals surface area contributed by atoms with E-state index in [1.54, 1.807) is 30.3 Å². The summed E-state index contributed by atoms with van der Waals surface area (Å²) in [7, 11) is 0. The van der Waals surface area contributed by atoms with Crippen LogP contribution in [0.2, 0.25) is 0 Å². The molecule has 0 fully saturated rings. The van der Waals surface area contributed by atoms with Gasteiger partial charge in [-0.2, -0.15) is 0 Å². The molecule has 0 aromatic heterocycles. The molecule has 2 heterocycles. The van der Waals surface area contributed by atoms with Gasteiger partial charge in [0.15, 0.2) is 5.60 Å². The molecule has 8 heteroatoms. The van der Waals surface area contributed by atoms with E-state index in [4.69, 9.17) is 9.47 Å². The van der Waals surface area contributed by atoms with Crippen LogP contribution in [0.15, 0.2) is 54.6 Å². The lowest BCUT2D eigenvalue weighted by molar-refractivity contribution is -0.113. The molecular weight excluding hydrogens is 454 g/mol. The summed E-state index contributed by atoms with van der Waals surface area (Å²) in [5.41, 5.74) is 1.13. The van der Waals surface area contributed by atoms with Gasteiger partial charge in [0.25, 0.3) is 0 Å². The average Bonchev–Trinajstić information content (AvgIpc) is 3.00. The quantitative estimate of drug-likeness (QED) is 0.388. The number of phenols is 2. The van der Waals surface area contributed by atoms with Crippen LogP contribution in [0.3, 0.4) is 0 Å². The Labute approximate surface area is 179 Å². The molecule has 5 rings (SSSR count). The zero-order valence-corrected chi connectivity index (χ0v) is 16.9. The topological polar surface area (TPSA) is 105 Å². The molecular formula is C22H14BrNO6. The molecule has 0 atom stereocenters. The molecule has 0 bridgehead atoms. The van der Waals surface area contributed by atoms with E-state index in [1.165, 1.54) is 24.3 Å². The first kappa shape index (κ1) is 18.5. The number of hydrogen-bond donors (Lipinski definition) is 3. The number of fused-ring (bicyclic) bond motifs is 6. The first-order valence-corrected chi connectivity index (χ1v) is 10.1. The Bertz CT molecular complexity index is 1190. The molecule has 3 aromatic carbocycles. The number of rotatable bonds is 2. The van der Waals surface area contributed by atoms with Crippen LogP contribution in [-0.4, -0.2) is 27.4 Å². The Kier molecular flexibility index (Phi) is 4.01. The third-order valence-corrected chi connectivity index (χ3v) is 5.69. The monoisotopic (exact) mass is 467 g/mol. The Morgan fingerprint density at radius 3 is 2.13 bits per heavy atom. The SMILES string of the molecule is O=C(CBr)Nc1ccc2c(c1)C(=O)OC21c2ccc(O)cc2Oc2cc(O)ccc21. The highest BCUT2D eigenvalue weighted by molar-refractivity contribution is 9.09. The molecule has 30 heavy (non-hydrogen) atoms. The maximum absolute atomic E-state index is 12.9. The van der Waals surface area contributed by atoms with Crippen molar-refractivity contribution in [3.05, 3.63) is 76.9 Å². The summed E-state index contributed by atoms with van der Waals surface area (Å²) in [5.74, 6) is -0.200. The van der Waals surface area contributed by atoms with E-state index in [0.717, 1.165) is 0 Å². The van der Waals surface area contributed by atoms with Crippen LogP contribution in [0.1, 0.15) is 27.0 Å². The predicted molar refractivity (Wildman–Crippen MR) is 110 cm³/mol. The van der Waals surface area contributed by atoms with E-state index in [2.05, 4.69) is 21.2 Å². The van der Waals surface area contributed by atoms with E-state index in [1.807, 2.05) is 0 Å². The number of ether oxygens (including phenoxy) is 2. The van der Waals surface area contributed by atoms with Crippen molar-refractivity contribution >= 4 is 33.5 Å². The van der Waals surface area contributed by atoms with Gasteiger partial charge >= 0.3 is 5.97 Å². The van der Waals surface area contributed by atoms with Gasteiger partial charge in [0.2, 0.25) is 5.91 Å². The Morgan fingerprint density at radius 1 is 0.933 bits per heavy atom. The fourth-order valence-electron chi connectivity index (χ4n) is 3.98. The number of phenolic OH excluding ortho intramolecular Hbond substituents is 2. The van der Waals surface area contributed by atoms with Crippen molar-refractivity contribution in [3.8, 4) is 23.0 Å². The van der Waals surface area contributed by atoms with Crippen LogP contribution in [0.5, 0.6) is 23.0 Å². The van der Waals surface area contributed by atoms with Crippen LogP contribution < -0.4 is 10.1 Å². The van der Waals surface area contributed by atoms with E-state index >= 15 is 0 Å². The zero-order valence-electron chi connectivity index (χ0n) is 15.3. The summed E-state index contributed by atoms with van der Waals surface area (Å²) in [6.45, 7) is 0. The van der Waals surface area contributed by atoms with Gasteiger partial charge in [0, 0.05) is 34.5 Å². The molecule has 0 saturated carbocycles. The Balaban J connectivity index is 1.76. The van der Waals surface area contributed by atoms with Crippen molar-refractivity contribution in [2.45, 2.75) is 5.60 Å². The summed E-state index contributed by atoms with van der Waals surface area (Å²) >= 11 is 3.09. The number of anilines is 1.